The van der Waals surface area contributed by atoms with Crippen molar-refractivity contribution in [3.05, 3.63) is 0 Å². The van der Waals surface area contributed by atoms with Gasteiger partial charge in [-0.3, -0.25) is 4.79 Å². The molecule has 130 valence electrons. The third-order valence-electron chi connectivity index (χ3n) is 4.04. The van der Waals surface area contributed by atoms with Gasteiger partial charge in [-0.2, -0.15) is 0 Å². The summed E-state index contributed by atoms with van der Waals surface area (Å²) in [5, 5.41) is 2.84. The molecule has 5 nitrogen and oxygen atoms in total. The number of carbonyl (C=O) groups is 1. The fourth-order valence-electron chi connectivity index (χ4n) is 2.65. The second-order valence-corrected chi connectivity index (χ2v) is 6.27. The molecule has 1 amide bonds. The molecule has 0 saturated carbocycles. The highest BCUT2D eigenvalue weighted by atomic mass is 16.5. The van der Waals surface area contributed by atoms with Gasteiger partial charge in [-0.1, -0.05) is 6.92 Å². The molecule has 5 heteroatoms. The van der Waals surface area contributed by atoms with Gasteiger partial charge in [0.05, 0.1) is 12.7 Å². The van der Waals surface area contributed by atoms with Crippen molar-refractivity contribution >= 4 is 5.91 Å². The van der Waals surface area contributed by atoms with E-state index >= 15 is 0 Å². The van der Waals surface area contributed by atoms with Gasteiger partial charge in [-0.05, 0) is 39.5 Å². The molecule has 1 rings (SSSR count). The maximum atomic E-state index is 11.2. The predicted octanol–water partition coefficient (Wildman–Crippen LogP) is 2.20. The highest BCUT2D eigenvalue weighted by Gasteiger charge is 2.20. The molecule has 0 unspecified atom stereocenters. The number of likely N-dealkylation sites (tertiary alicyclic amines) is 1. The molecule has 0 aromatic rings. The quantitative estimate of drug-likeness (QED) is 0.594. The number of rotatable bonds is 11. The van der Waals surface area contributed by atoms with E-state index in [9.17, 15) is 4.79 Å². The van der Waals surface area contributed by atoms with Crippen LogP contribution in [0.4, 0.5) is 0 Å². The van der Waals surface area contributed by atoms with Crippen molar-refractivity contribution in [3.8, 4) is 0 Å². The third kappa shape index (κ3) is 8.71. The number of nitrogens with zero attached hydrogens (tertiary/aromatic N) is 1. The highest BCUT2D eigenvalue weighted by Crippen LogP contribution is 2.15. The molecule has 1 aliphatic rings. The highest BCUT2D eigenvalue weighted by molar-refractivity contribution is 5.75. The first-order chi connectivity index (χ1) is 10.6. The number of amides is 1. The average Bonchev–Trinajstić information content (AvgIpc) is 2.50. The lowest BCUT2D eigenvalue weighted by atomic mass is 10.1. The number of hydrogen-bond donors (Lipinski definition) is 1. The van der Waals surface area contributed by atoms with Crippen LogP contribution in [0.5, 0.6) is 0 Å². The fraction of sp³-hybridized carbons (Fsp3) is 0.941. The first kappa shape index (κ1) is 19.4. The monoisotopic (exact) mass is 314 g/mol. The number of ether oxygens (including phenoxy) is 2. The van der Waals surface area contributed by atoms with Crippen LogP contribution in [-0.4, -0.2) is 62.4 Å². The van der Waals surface area contributed by atoms with E-state index in [0.717, 1.165) is 45.4 Å². The SMILES string of the molecule is CCCC(=O)NCCOCCCOC1CCN(C(C)C)CC1. The molecule has 0 aromatic carbocycles. The van der Waals surface area contributed by atoms with Crippen molar-refractivity contribution in [2.24, 2.45) is 0 Å². The van der Waals surface area contributed by atoms with Gasteiger partial charge in [0, 0.05) is 45.3 Å². The molecule has 22 heavy (non-hydrogen) atoms. The Balaban J connectivity index is 1.87. The summed E-state index contributed by atoms with van der Waals surface area (Å²) in [5.74, 6) is 0.113. The molecule has 1 heterocycles. The van der Waals surface area contributed by atoms with Crippen LogP contribution in [0.2, 0.25) is 0 Å². The van der Waals surface area contributed by atoms with E-state index < -0.39 is 0 Å². The molecule has 0 bridgehead atoms. The van der Waals surface area contributed by atoms with E-state index in [1.165, 1.54) is 0 Å². The Labute approximate surface area is 135 Å². The minimum atomic E-state index is 0.113. The Morgan fingerprint density at radius 2 is 1.95 bits per heavy atom. The van der Waals surface area contributed by atoms with E-state index in [1.54, 1.807) is 0 Å². The number of hydrogen-bond acceptors (Lipinski definition) is 4. The number of carbonyl (C=O) groups excluding carboxylic acids is 1. The van der Waals surface area contributed by atoms with Crippen molar-refractivity contribution in [2.75, 3.05) is 39.5 Å². The second-order valence-electron chi connectivity index (χ2n) is 6.27. The molecular formula is C17H34N2O3. The molecule has 0 atom stereocenters. The van der Waals surface area contributed by atoms with E-state index in [4.69, 9.17) is 9.47 Å². The molecule has 1 saturated heterocycles. The summed E-state index contributed by atoms with van der Waals surface area (Å²) in [4.78, 5) is 13.7. The predicted molar refractivity (Wildman–Crippen MR) is 89.0 cm³/mol. The Morgan fingerprint density at radius 3 is 2.59 bits per heavy atom. The van der Waals surface area contributed by atoms with E-state index in [-0.39, 0.29) is 5.91 Å². The van der Waals surface area contributed by atoms with Crippen LogP contribution in [-0.2, 0) is 14.3 Å². The van der Waals surface area contributed by atoms with Crippen LogP contribution in [0.25, 0.3) is 0 Å². The number of nitrogens with one attached hydrogen (secondary N) is 1. The van der Waals surface area contributed by atoms with Gasteiger partial charge in [0.15, 0.2) is 0 Å². The molecule has 1 fully saturated rings. The van der Waals surface area contributed by atoms with Crippen LogP contribution in [0.3, 0.4) is 0 Å². The topological polar surface area (TPSA) is 50.8 Å². The van der Waals surface area contributed by atoms with Crippen LogP contribution in [0.15, 0.2) is 0 Å². The summed E-state index contributed by atoms with van der Waals surface area (Å²) in [6, 6.07) is 0.646. The lowest BCUT2D eigenvalue weighted by Gasteiger charge is -2.34. The Morgan fingerprint density at radius 1 is 1.23 bits per heavy atom. The van der Waals surface area contributed by atoms with Crippen molar-refractivity contribution < 1.29 is 14.3 Å². The summed E-state index contributed by atoms with van der Waals surface area (Å²) in [6.07, 6.45) is 5.12. The number of piperidine rings is 1. The van der Waals surface area contributed by atoms with Gasteiger partial charge in [0.2, 0.25) is 5.91 Å². The van der Waals surface area contributed by atoms with E-state index in [1.807, 2.05) is 6.92 Å². The van der Waals surface area contributed by atoms with Crippen LogP contribution < -0.4 is 5.32 Å². The van der Waals surface area contributed by atoms with Crippen molar-refractivity contribution in [1.82, 2.24) is 10.2 Å². The van der Waals surface area contributed by atoms with Gasteiger partial charge >= 0.3 is 0 Å². The summed E-state index contributed by atoms with van der Waals surface area (Å²) >= 11 is 0. The molecule has 0 radical (unpaired) electrons. The van der Waals surface area contributed by atoms with E-state index in [2.05, 4.69) is 24.1 Å². The normalized spacial score (nSPS) is 17.1. The maximum absolute atomic E-state index is 11.2. The zero-order chi connectivity index (χ0) is 16.2. The minimum Gasteiger partial charge on any atom is -0.380 e. The molecule has 1 N–H and O–H groups in total. The zero-order valence-corrected chi connectivity index (χ0v) is 14.6. The molecule has 0 aromatic heterocycles. The van der Waals surface area contributed by atoms with Crippen molar-refractivity contribution in [2.45, 2.75) is 65.0 Å². The third-order valence-corrected chi connectivity index (χ3v) is 4.04. The second kappa shape index (κ2) is 11.9. The molecular weight excluding hydrogens is 280 g/mol. The molecule has 1 aliphatic heterocycles. The summed E-state index contributed by atoms with van der Waals surface area (Å²) in [5.41, 5.74) is 0. The average molecular weight is 314 g/mol. The summed E-state index contributed by atoms with van der Waals surface area (Å²) < 4.78 is 11.4. The summed E-state index contributed by atoms with van der Waals surface area (Å²) in [7, 11) is 0. The van der Waals surface area contributed by atoms with Crippen LogP contribution >= 0.6 is 0 Å². The summed E-state index contributed by atoms with van der Waals surface area (Å²) in [6.45, 7) is 11.5. The first-order valence-corrected chi connectivity index (χ1v) is 8.83. The zero-order valence-electron chi connectivity index (χ0n) is 14.6. The van der Waals surface area contributed by atoms with Crippen LogP contribution in [0.1, 0.15) is 52.9 Å². The van der Waals surface area contributed by atoms with Crippen molar-refractivity contribution in [1.29, 1.82) is 0 Å². The first-order valence-electron chi connectivity index (χ1n) is 8.83. The Bertz CT molecular complexity index is 290. The molecule has 0 spiro atoms. The van der Waals surface area contributed by atoms with Crippen LogP contribution in [0, 0.1) is 0 Å². The molecule has 0 aliphatic carbocycles. The smallest absolute Gasteiger partial charge is 0.220 e. The van der Waals surface area contributed by atoms with Gasteiger partial charge in [-0.25, -0.2) is 0 Å². The Hall–Kier alpha value is -0.650. The lowest BCUT2D eigenvalue weighted by molar-refractivity contribution is -0.121. The van der Waals surface area contributed by atoms with Gasteiger partial charge in [0.1, 0.15) is 0 Å². The van der Waals surface area contributed by atoms with Crippen molar-refractivity contribution in [3.63, 3.8) is 0 Å². The fourth-order valence-corrected chi connectivity index (χ4v) is 2.65. The van der Waals surface area contributed by atoms with Gasteiger partial charge in [-0.15, -0.1) is 0 Å². The maximum Gasteiger partial charge on any atom is 0.220 e. The minimum absolute atomic E-state index is 0.113. The largest absolute Gasteiger partial charge is 0.380 e. The van der Waals surface area contributed by atoms with Gasteiger partial charge in [0.25, 0.3) is 0 Å². The lowest BCUT2D eigenvalue weighted by Crippen LogP contribution is -2.41. The standard InChI is InChI=1S/C17H34N2O3/c1-4-6-17(20)18-9-14-21-12-5-13-22-16-7-10-19(11-8-16)15(2)3/h15-16H,4-14H2,1-3H3,(H,18,20). The Kier molecular flexibility index (Phi) is 10.5. The van der Waals surface area contributed by atoms with E-state index in [0.29, 0.717) is 38.3 Å². The van der Waals surface area contributed by atoms with Gasteiger partial charge < -0.3 is 19.7 Å².